The lowest BCUT2D eigenvalue weighted by Crippen LogP contribution is -2.36. The zero-order valence-electron chi connectivity index (χ0n) is 10.4. The SMILES string of the molecule is C#C[C@@](C)(CC)OCC(O)CN1CCCC1. The molecule has 1 saturated heterocycles. The van der Waals surface area contributed by atoms with Crippen LogP contribution in [0.2, 0.25) is 0 Å². The third kappa shape index (κ3) is 4.13. The Morgan fingerprint density at radius 2 is 2.12 bits per heavy atom. The fourth-order valence-electron chi connectivity index (χ4n) is 1.84. The van der Waals surface area contributed by atoms with Crippen molar-refractivity contribution < 1.29 is 9.84 Å². The minimum Gasteiger partial charge on any atom is -0.389 e. The topological polar surface area (TPSA) is 32.7 Å². The molecular formula is C13H23NO2. The number of rotatable bonds is 6. The Morgan fingerprint density at radius 3 is 2.62 bits per heavy atom. The number of terminal acetylenes is 1. The molecule has 1 N–H and O–H groups in total. The predicted octanol–water partition coefficient (Wildman–Crippen LogP) is 1.26. The first-order chi connectivity index (χ1) is 7.59. The first-order valence-corrected chi connectivity index (χ1v) is 6.12. The van der Waals surface area contributed by atoms with E-state index < -0.39 is 11.7 Å². The smallest absolute Gasteiger partial charge is 0.125 e. The molecule has 1 heterocycles. The number of ether oxygens (including phenoxy) is 1. The third-order valence-corrected chi connectivity index (χ3v) is 3.24. The second-order valence-corrected chi connectivity index (χ2v) is 4.70. The predicted molar refractivity (Wildman–Crippen MR) is 65.2 cm³/mol. The van der Waals surface area contributed by atoms with Crippen LogP contribution in [0.4, 0.5) is 0 Å². The van der Waals surface area contributed by atoms with Gasteiger partial charge in [-0.25, -0.2) is 0 Å². The molecule has 0 aliphatic carbocycles. The molecule has 1 aliphatic rings. The summed E-state index contributed by atoms with van der Waals surface area (Å²) in [5, 5.41) is 9.83. The van der Waals surface area contributed by atoms with Crippen molar-refractivity contribution in [1.29, 1.82) is 0 Å². The molecule has 3 nitrogen and oxygen atoms in total. The highest BCUT2D eigenvalue weighted by Crippen LogP contribution is 2.14. The van der Waals surface area contributed by atoms with Crippen molar-refractivity contribution in [3.05, 3.63) is 0 Å². The van der Waals surface area contributed by atoms with E-state index in [2.05, 4.69) is 10.8 Å². The molecule has 3 heteroatoms. The number of β-amino-alcohol motifs (C(OH)–C–C–N with tert-alkyl or cyclic N) is 1. The van der Waals surface area contributed by atoms with Crippen LogP contribution in [0.3, 0.4) is 0 Å². The highest BCUT2D eigenvalue weighted by molar-refractivity contribution is 5.05. The van der Waals surface area contributed by atoms with Crippen LogP contribution in [0.25, 0.3) is 0 Å². The van der Waals surface area contributed by atoms with Crippen molar-refractivity contribution in [3.8, 4) is 12.3 Å². The zero-order valence-corrected chi connectivity index (χ0v) is 10.4. The summed E-state index contributed by atoms with van der Waals surface area (Å²) in [6, 6.07) is 0. The maximum Gasteiger partial charge on any atom is 0.125 e. The largest absolute Gasteiger partial charge is 0.389 e. The number of likely N-dealkylation sites (tertiary alicyclic amines) is 1. The van der Waals surface area contributed by atoms with E-state index in [0.717, 1.165) is 19.5 Å². The minimum atomic E-state index is -0.536. The lowest BCUT2D eigenvalue weighted by Gasteiger charge is -2.26. The van der Waals surface area contributed by atoms with Gasteiger partial charge >= 0.3 is 0 Å². The standard InChI is InChI=1S/C13H23NO2/c1-4-13(3,5-2)16-11-12(15)10-14-8-6-7-9-14/h1,12,15H,5-11H2,2-3H3/t12?,13-/m0/s1. The molecule has 0 spiro atoms. The van der Waals surface area contributed by atoms with E-state index in [1.54, 1.807) is 0 Å². The van der Waals surface area contributed by atoms with Gasteiger partial charge in [0.1, 0.15) is 5.60 Å². The normalized spacial score (nSPS) is 22.6. The third-order valence-electron chi connectivity index (χ3n) is 3.24. The molecule has 0 aromatic carbocycles. The van der Waals surface area contributed by atoms with Crippen LogP contribution in [0.5, 0.6) is 0 Å². The number of aliphatic hydroxyl groups is 1. The summed E-state index contributed by atoms with van der Waals surface area (Å²) in [7, 11) is 0. The second kappa shape index (κ2) is 6.24. The van der Waals surface area contributed by atoms with Gasteiger partial charge in [-0.2, -0.15) is 0 Å². The summed E-state index contributed by atoms with van der Waals surface area (Å²) in [5.74, 6) is 2.63. The second-order valence-electron chi connectivity index (χ2n) is 4.70. The number of hydrogen-bond acceptors (Lipinski definition) is 3. The monoisotopic (exact) mass is 225 g/mol. The van der Waals surface area contributed by atoms with Gasteiger partial charge in [0.15, 0.2) is 0 Å². The lowest BCUT2D eigenvalue weighted by atomic mass is 10.1. The fourth-order valence-corrected chi connectivity index (χ4v) is 1.84. The van der Waals surface area contributed by atoms with Gasteiger partial charge < -0.3 is 14.7 Å². The molecule has 92 valence electrons. The lowest BCUT2D eigenvalue weighted by molar-refractivity contribution is -0.0455. The van der Waals surface area contributed by atoms with Crippen LogP contribution < -0.4 is 0 Å². The molecule has 1 fully saturated rings. The Morgan fingerprint density at radius 1 is 1.50 bits per heavy atom. The summed E-state index contributed by atoms with van der Waals surface area (Å²) < 4.78 is 5.59. The fraction of sp³-hybridized carbons (Fsp3) is 0.846. The van der Waals surface area contributed by atoms with E-state index in [1.165, 1.54) is 12.8 Å². The number of hydrogen-bond donors (Lipinski definition) is 1. The van der Waals surface area contributed by atoms with Gasteiger partial charge in [0.25, 0.3) is 0 Å². The van der Waals surface area contributed by atoms with E-state index in [0.29, 0.717) is 13.2 Å². The Hall–Kier alpha value is -0.560. The summed E-state index contributed by atoms with van der Waals surface area (Å²) in [6.45, 7) is 7.09. The quantitative estimate of drug-likeness (QED) is 0.691. The molecule has 2 atom stereocenters. The van der Waals surface area contributed by atoms with Crippen LogP contribution in [0.1, 0.15) is 33.1 Å². The van der Waals surface area contributed by atoms with Crippen molar-refractivity contribution in [2.75, 3.05) is 26.2 Å². The molecule has 0 saturated carbocycles. The van der Waals surface area contributed by atoms with Crippen molar-refractivity contribution in [1.82, 2.24) is 4.90 Å². The Bertz CT molecular complexity index is 243. The van der Waals surface area contributed by atoms with E-state index >= 15 is 0 Å². The molecule has 1 aliphatic heterocycles. The maximum atomic E-state index is 9.83. The molecule has 0 amide bonds. The van der Waals surface area contributed by atoms with Gasteiger partial charge in [-0.15, -0.1) is 6.42 Å². The molecule has 0 aromatic rings. The van der Waals surface area contributed by atoms with Crippen LogP contribution in [0, 0.1) is 12.3 Å². The highest BCUT2D eigenvalue weighted by atomic mass is 16.5. The maximum absolute atomic E-state index is 9.83. The van der Waals surface area contributed by atoms with Crippen LogP contribution in [0.15, 0.2) is 0 Å². The Balaban J connectivity index is 2.23. The van der Waals surface area contributed by atoms with Crippen molar-refractivity contribution in [2.45, 2.75) is 44.8 Å². The first kappa shape index (κ1) is 13.5. The molecule has 1 unspecified atom stereocenters. The summed E-state index contributed by atoms with van der Waals surface area (Å²) >= 11 is 0. The van der Waals surface area contributed by atoms with E-state index in [9.17, 15) is 5.11 Å². The van der Waals surface area contributed by atoms with Gasteiger partial charge in [-0.1, -0.05) is 12.8 Å². The van der Waals surface area contributed by atoms with Gasteiger partial charge in [-0.05, 0) is 39.3 Å². The van der Waals surface area contributed by atoms with Gasteiger partial charge in [-0.3, -0.25) is 0 Å². The highest BCUT2D eigenvalue weighted by Gasteiger charge is 2.22. The average molecular weight is 225 g/mol. The van der Waals surface area contributed by atoms with Crippen LogP contribution in [-0.4, -0.2) is 48.0 Å². The molecule has 16 heavy (non-hydrogen) atoms. The van der Waals surface area contributed by atoms with E-state index in [-0.39, 0.29) is 0 Å². The molecule has 0 bridgehead atoms. The molecule has 0 aromatic heterocycles. The van der Waals surface area contributed by atoms with Gasteiger partial charge in [0.05, 0.1) is 12.7 Å². The summed E-state index contributed by atoms with van der Waals surface area (Å²) in [5.41, 5.74) is -0.536. The summed E-state index contributed by atoms with van der Waals surface area (Å²) in [6.07, 6.45) is 8.21. The van der Waals surface area contributed by atoms with Crippen LogP contribution in [-0.2, 0) is 4.74 Å². The number of aliphatic hydroxyl groups excluding tert-OH is 1. The minimum absolute atomic E-state index is 0.324. The molecule has 0 radical (unpaired) electrons. The van der Waals surface area contributed by atoms with E-state index in [1.807, 2.05) is 13.8 Å². The Labute approximate surface area is 98.8 Å². The van der Waals surface area contributed by atoms with Crippen molar-refractivity contribution in [2.24, 2.45) is 0 Å². The van der Waals surface area contributed by atoms with Crippen molar-refractivity contribution in [3.63, 3.8) is 0 Å². The first-order valence-electron chi connectivity index (χ1n) is 6.12. The molecule has 1 rings (SSSR count). The van der Waals surface area contributed by atoms with Gasteiger partial charge in [0, 0.05) is 6.54 Å². The molecular weight excluding hydrogens is 202 g/mol. The Kier molecular flexibility index (Phi) is 5.27. The zero-order chi connectivity index (χ0) is 12.0. The summed E-state index contributed by atoms with van der Waals surface area (Å²) in [4.78, 5) is 2.27. The van der Waals surface area contributed by atoms with Crippen molar-refractivity contribution >= 4 is 0 Å². The average Bonchev–Trinajstić information content (AvgIpc) is 2.79. The van der Waals surface area contributed by atoms with Crippen LogP contribution >= 0.6 is 0 Å². The number of nitrogens with zero attached hydrogens (tertiary/aromatic N) is 1. The van der Waals surface area contributed by atoms with Gasteiger partial charge in [0.2, 0.25) is 0 Å². The van der Waals surface area contributed by atoms with E-state index in [4.69, 9.17) is 11.2 Å².